The van der Waals surface area contributed by atoms with Crippen LogP contribution >= 0.6 is 0 Å². The second-order valence-electron chi connectivity index (χ2n) is 8.31. The first-order valence-electron chi connectivity index (χ1n) is 11.1. The molecule has 0 unspecified atom stereocenters. The highest BCUT2D eigenvalue weighted by Gasteiger charge is 2.33. The topological polar surface area (TPSA) is 55.8 Å². The summed E-state index contributed by atoms with van der Waals surface area (Å²) in [5.74, 6) is 0.0462. The van der Waals surface area contributed by atoms with E-state index in [1.165, 1.54) is 19.1 Å². The molecule has 0 saturated heterocycles. The molecule has 0 aliphatic carbocycles. The predicted octanol–water partition coefficient (Wildman–Crippen LogP) is 7.49. The Morgan fingerprint density at radius 2 is 1.40 bits per heavy atom. The lowest BCUT2D eigenvalue weighted by atomic mass is 10.00. The van der Waals surface area contributed by atoms with Gasteiger partial charge >= 0.3 is 12.1 Å². The summed E-state index contributed by atoms with van der Waals surface area (Å²) in [4.78, 5) is 11.4. The molecule has 0 spiro atoms. The molecule has 3 aromatic carbocycles. The maximum Gasteiger partial charge on any atom is 0.416 e. The number of halogens is 3. The Morgan fingerprint density at radius 3 is 1.89 bits per heavy atom. The van der Waals surface area contributed by atoms with Crippen molar-refractivity contribution in [2.45, 2.75) is 39.0 Å². The number of hydrogen-bond donors (Lipinski definition) is 1. The van der Waals surface area contributed by atoms with Crippen LogP contribution in [0.3, 0.4) is 0 Å². The Morgan fingerprint density at radius 1 is 0.886 bits per heavy atom. The SMILES string of the molecule is CC[C@@](C)(Oc1ccc(OCC=C(C)c2ccc(-c3ccc(C(F)(F)F)cc3)cc2)cc1)C(=O)O. The van der Waals surface area contributed by atoms with Crippen LogP contribution in [0.25, 0.3) is 16.7 Å². The minimum absolute atomic E-state index is 0.328. The van der Waals surface area contributed by atoms with Gasteiger partial charge in [-0.25, -0.2) is 4.79 Å². The van der Waals surface area contributed by atoms with Gasteiger partial charge in [0.05, 0.1) is 5.56 Å². The van der Waals surface area contributed by atoms with E-state index in [9.17, 15) is 23.1 Å². The van der Waals surface area contributed by atoms with Gasteiger partial charge in [0, 0.05) is 0 Å². The van der Waals surface area contributed by atoms with E-state index in [1.54, 1.807) is 31.2 Å². The lowest BCUT2D eigenvalue weighted by molar-refractivity contribution is -0.154. The summed E-state index contributed by atoms with van der Waals surface area (Å²) in [6.07, 6.45) is -2.09. The quantitative estimate of drug-likeness (QED) is 0.342. The van der Waals surface area contributed by atoms with Crippen molar-refractivity contribution in [3.05, 3.63) is 90.0 Å². The summed E-state index contributed by atoms with van der Waals surface area (Å²) in [5.41, 5.74) is 1.55. The van der Waals surface area contributed by atoms with Gasteiger partial charge in [0.2, 0.25) is 5.60 Å². The summed E-state index contributed by atoms with van der Waals surface area (Å²) in [6, 6.07) is 19.4. The predicted molar refractivity (Wildman–Crippen MR) is 129 cm³/mol. The molecule has 0 saturated carbocycles. The van der Waals surface area contributed by atoms with Gasteiger partial charge in [-0.3, -0.25) is 0 Å². The Hall–Kier alpha value is -3.74. The standard InChI is InChI=1S/C28H27F3O4/c1-4-27(3,26(32)33)35-25-15-13-24(14-16-25)34-18-17-19(2)20-5-7-21(8-6-20)22-9-11-23(12-10-22)28(29,30)31/h5-17H,4,18H2,1-3H3,(H,32,33)/t27-/m1/s1. The Labute approximate surface area is 202 Å². The fraction of sp³-hybridized carbons (Fsp3) is 0.250. The number of aliphatic carboxylic acids is 1. The van der Waals surface area contributed by atoms with Crippen molar-refractivity contribution in [2.75, 3.05) is 6.61 Å². The van der Waals surface area contributed by atoms with Gasteiger partial charge in [0.15, 0.2) is 0 Å². The largest absolute Gasteiger partial charge is 0.490 e. The fourth-order valence-corrected chi connectivity index (χ4v) is 3.29. The molecule has 7 heteroatoms. The molecular formula is C28H27F3O4. The highest BCUT2D eigenvalue weighted by molar-refractivity contribution is 5.77. The smallest absolute Gasteiger partial charge is 0.416 e. The van der Waals surface area contributed by atoms with Gasteiger partial charge in [0.1, 0.15) is 18.1 Å². The second kappa shape index (κ2) is 10.7. The van der Waals surface area contributed by atoms with Crippen LogP contribution in [-0.4, -0.2) is 23.3 Å². The molecule has 184 valence electrons. The van der Waals surface area contributed by atoms with Crippen LogP contribution in [0.2, 0.25) is 0 Å². The first kappa shape index (κ1) is 25.9. The van der Waals surface area contributed by atoms with Crippen molar-refractivity contribution in [3.8, 4) is 22.6 Å². The molecule has 0 amide bonds. The number of ether oxygens (including phenoxy) is 2. The van der Waals surface area contributed by atoms with Crippen LogP contribution in [0.4, 0.5) is 13.2 Å². The zero-order valence-electron chi connectivity index (χ0n) is 19.7. The van der Waals surface area contributed by atoms with Gasteiger partial charge in [0.25, 0.3) is 0 Å². The van der Waals surface area contributed by atoms with E-state index >= 15 is 0 Å². The summed E-state index contributed by atoms with van der Waals surface area (Å²) < 4.78 is 49.6. The fourth-order valence-electron chi connectivity index (χ4n) is 3.29. The molecule has 1 atom stereocenters. The molecule has 3 rings (SSSR count). The number of benzene rings is 3. The van der Waals surface area contributed by atoms with Crippen molar-refractivity contribution >= 4 is 11.5 Å². The molecular weight excluding hydrogens is 457 g/mol. The molecule has 1 N–H and O–H groups in total. The maximum atomic E-state index is 12.7. The van der Waals surface area contributed by atoms with Gasteiger partial charge in [-0.2, -0.15) is 13.2 Å². The molecule has 0 fully saturated rings. The molecule has 0 aliphatic heterocycles. The Bertz CT molecular complexity index is 1160. The van der Waals surface area contributed by atoms with Gasteiger partial charge < -0.3 is 14.6 Å². The number of carboxylic acid groups (broad SMARTS) is 1. The van der Waals surface area contributed by atoms with E-state index in [4.69, 9.17) is 9.47 Å². The summed E-state index contributed by atoms with van der Waals surface area (Å²) in [5, 5.41) is 9.33. The third kappa shape index (κ3) is 6.66. The Balaban J connectivity index is 1.58. The van der Waals surface area contributed by atoms with Gasteiger partial charge in [-0.15, -0.1) is 0 Å². The zero-order chi connectivity index (χ0) is 25.6. The number of carbonyl (C=O) groups is 1. The molecule has 0 aliphatic rings. The van der Waals surface area contributed by atoms with Crippen LogP contribution in [-0.2, 0) is 11.0 Å². The Kier molecular flexibility index (Phi) is 7.89. The van der Waals surface area contributed by atoms with E-state index in [0.717, 1.165) is 28.8 Å². The van der Waals surface area contributed by atoms with Crippen molar-refractivity contribution in [2.24, 2.45) is 0 Å². The molecule has 0 aromatic heterocycles. The molecule has 0 bridgehead atoms. The molecule has 4 nitrogen and oxygen atoms in total. The molecule has 0 radical (unpaired) electrons. The average molecular weight is 485 g/mol. The third-order valence-electron chi connectivity index (χ3n) is 5.82. The highest BCUT2D eigenvalue weighted by atomic mass is 19.4. The van der Waals surface area contributed by atoms with E-state index < -0.39 is 23.3 Å². The van der Waals surface area contributed by atoms with Gasteiger partial charge in [-0.1, -0.05) is 43.3 Å². The van der Waals surface area contributed by atoms with Gasteiger partial charge in [-0.05, 0) is 85.0 Å². The maximum absolute atomic E-state index is 12.7. The van der Waals surface area contributed by atoms with Crippen molar-refractivity contribution in [1.29, 1.82) is 0 Å². The van der Waals surface area contributed by atoms with E-state index in [1.807, 2.05) is 37.3 Å². The van der Waals surface area contributed by atoms with Crippen molar-refractivity contribution in [1.82, 2.24) is 0 Å². The number of carboxylic acids is 1. The first-order valence-corrected chi connectivity index (χ1v) is 11.1. The second-order valence-corrected chi connectivity index (χ2v) is 8.31. The van der Waals surface area contributed by atoms with Crippen LogP contribution in [0.1, 0.15) is 38.3 Å². The van der Waals surface area contributed by atoms with Crippen LogP contribution in [0, 0.1) is 0 Å². The normalized spacial score (nSPS) is 13.7. The minimum atomic E-state index is -4.35. The first-order chi connectivity index (χ1) is 16.5. The van der Waals surface area contributed by atoms with E-state index in [0.29, 0.717) is 30.1 Å². The summed E-state index contributed by atoms with van der Waals surface area (Å²) in [7, 11) is 0. The van der Waals surface area contributed by atoms with Crippen molar-refractivity contribution in [3.63, 3.8) is 0 Å². The minimum Gasteiger partial charge on any atom is -0.490 e. The molecule has 35 heavy (non-hydrogen) atoms. The van der Waals surface area contributed by atoms with E-state index in [2.05, 4.69) is 0 Å². The molecule has 0 heterocycles. The summed E-state index contributed by atoms with van der Waals surface area (Å²) >= 11 is 0. The van der Waals surface area contributed by atoms with Crippen LogP contribution in [0.5, 0.6) is 11.5 Å². The van der Waals surface area contributed by atoms with Crippen LogP contribution < -0.4 is 9.47 Å². The van der Waals surface area contributed by atoms with Crippen molar-refractivity contribution < 1.29 is 32.5 Å². The average Bonchev–Trinajstić information content (AvgIpc) is 2.84. The number of hydrogen-bond acceptors (Lipinski definition) is 3. The molecule has 3 aromatic rings. The zero-order valence-corrected chi connectivity index (χ0v) is 19.7. The monoisotopic (exact) mass is 484 g/mol. The summed E-state index contributed by atoms with van der Waals surface area (Å²) in [6.45, 7) is 5.56. The number of allylic oxidation sites excluding steroid dienone is 1. The third-order valence-corrected chi connectivity index (χ3v) is 5.82. The number of alkyl halides is 3. The van der Waals surface area contributed by atoms with Crippen LogP contribution in [0.15, 0.2) is 78.9 Å². The van der Waals surface area contributed by atoms with E-state index in [-0.39, 0.29) is 0 Å². The lowest BCUT2D eigenvalue weighted by Gasteiger charge is -2.24. The lowest BCUT2D eigenvalue weighted by Crippen LogP contribution is -2.40. The highest BCUT2D eigenvalue weighted by Crippen LogP contribution is 2.31. The number of rotatable bonds is 9.